The average molecular weight is 534 g/mol. The number of alkyl halides is 3. The monoisotopic (exact) mass is 533 g/mol. The SMILES string of the molecule is COc1ccc(-c2nc(C(=O)NC34CC5CC(CC(C5)C3)C4)c3ccccn23)cc1F.O=C(O)C(F)(F)F. The summed E-state index contributed by atoms with van der Waals surface area (Å²) in [7, 11) is 1.44. The van der Waals surface area contributed by atoms with Gasteiger partial charge in [0.25, 0.3) is 5.91 Å². The van der Waals surface area contributed by atoms with Crippen LogP contribution < -0.4 is 10.1 Å². The van der Waals surface area contributed by atoms with Gasteiger partial charge in [-0.05, 0) is 86.6 Å². The number of ether oxygens (including phenoxy) is 1. The predicted molar refractivity (Wildman–Crippen MR) is 129 cm³/mol. The van der Waals surface area contributed by atoms with Crippen LogP contribution in [-0.2, 0) is 4.79 Å². The number of carboxylic acids is 1. The summed E-state index contributed by atoms with van der Waals surface area (Å²) in [5.41, 5.74) is 1.66. The molecule has 1 aromatic carbocycles. The van der Waals surface area contributed by atoms with Crippen LogP contribution in [0.2, 0.25) is 0 Å². The average Bonchev–Trinajstić information content (AvgIpc) is 3.23. The number of fused-ring (bicyclic) bond motifs is 1. The second-order valence-corrected chi connectivity index (χ2v) is 10.5. The van der Waals surface area contributed by atoms with E-state index in [0.717, 1.165) is 42.5 Å². The number of carboxylic acid groups (broad SMARTS) is 1. The topological polar surface area (TPSA) is 92.9 Å². The zero-order valence-corrected chi connectivity index (χ0v) is 20.6. The minimum absolute atomic E-state index is 0.0804. The zero-order valence-electron chi connectivity index (χ0n) is 20.6. The van der Waals surface area contributed by atoms with Crippen LogP contribution in [0.5, 0.6) is 5.75 Å². The lowest BCUT2D eigenvalue weighted by atomic mass is 9.53. The number of imidazole rings is 1. The van der Waals surface area contributed by atoms with Crippen LogP contribution in [-0.4, -0.2) is 45.2 Å². The normalized spacial score (nSPS) is 25.6. The van der Waals surface area contributed by atoms with Gasteiger partial charge in [-0.2, -0.15) is 13.2 Å². The van der Waals surface area contributed by atoms with Gasteiger partial charge >= 0.3 is 12.1 Å². The van der Waals surface area contributed by atoms with E-state index in [-0.39, 0.29) is 17.2 Å². The Balaban J connectivity index is 0.000000374. The van der Waals surface area contributed by atoms with Crippen molar-refractivity contribution in [2.75, 3.05) is 7.11 Å². The second kappa shape index (κ2) is 9.59. The number of amides is 1. The summed E-state index contributed by atoms with van der Waals surface area (Å²) in [6.45, 7) is 0. The molecule has 0 radical (unpaired) electrons. The Kier molecular flexibility index (Phi) is 6.56. The van der Waals surface area contributed by atoms with E-state index in [1.807, 2.05) is 28.8 Å². The first-order valence-corrected chi connectivity index (χ1v) is 12.4. The molecule has 7 rings (SSSR count). The molecule has 0 saturated heterocycles. The van der Waals surface area contributed by atoms with E-state index < -0.39 is 18.0 Å². The van der Waals surface area contributed by atoms with E-state index in [0.29, 0.717) is 17.1 Å². The number of aromatic nitrogens is 2. The molecule has 4 saturated carbocycles. The molecule has 4 bridgehead atoms. The van der Waals surface area contributed by atoms with Crippen LogP contribution in [0.25, 0.3) is 16.9 Å². The van der Waals surface area contributed by atoms with Gasteiger partial charge in [-0.3, -0.25) is 9.20 Å². The van der Waals surface area contributed by atoms with Gasteiger partial charge < -0.3 is 15.2 Å². The third-order valence-electron chi connectivity index (χ3n) is 7.83. The molecule has 2 aromatic heterocycles. The molecular weight excluding hydrogens is 506 g/mol. The van der Waals surface area contributed by atoms with Crippen LogP contribution in [0.1, 0.15) is 49.0 Å². The molecule has 4 aliphatic rings. The summed E-state index contributed by atoms with van der Waals surface area (Å²) >= 11 is 0. The number of carbonyl (C=O) groups is 2. The molecule has 4 fully saturated rings. The maximum absolute atomic E-state index is 14.3. The van der Waals surface area contributed by atoms with Crippen LogP contribution >= 0.6 is 0 Å². The standard InChI is InChI=1S/C25H26FN3O2.C2HF3O2/c1-31-21-6-5-18(11-19(21)26)23-27-22(20-4-2-3-7-29(20)23)24(30)28-25-12-15-8-16(13-25)10-17(9-15)14-25;3-2(4,5)1(6)7/h2-7,11,15-17H,8-10,12-14H2,1H3,(H,28,30);(H,6,7). The maximum Gasteiger partial charge on any atom is 0.490 e. The highest BCUT2D eigenvalue weighted by atomic mass is 19.4. The smallest absolute Gasteiger partial charge is 0.490 e. The number of hydrogen-bond acceptors (Lipinski definition) is 4. The van der Waals surface area contributed by atoms with Crippen molar-refractivity contribution in [1.29, 1.82) is 0 Å². The van der Waals surface area contributed by atoms with E-state index in [4.69, 9.17) is 19.6 Å². The molecule has 2 heterocycles. The fourth-order valence-electron chi connectivity index (χ4n) is 6.78. The van der Waals surface area contributed by atoms with Gasteiger partial charge in [0.05, 0.1) is 12.6 Å². The number of carbonyl (C=O) groups excluding carboxylic acids is 1. The number of benzene rings is 1. The Hall–Kier alpha value is -3.63. The van der Waals surface area contributed by atoms with Gasteiger partial charge in [0, 0.05) is 17.3 Å². The molecule has 1 amide bonds. The number of nitrogens with one attached hydrogen (secondary N) is 1. The van der Waals surface area contributed by atoms with Crippen LogP contribution in [0.15, 0.2) is 42.6 Å². The molecule has 4 aliphatic carbocycles. The molecule has 2 N–H and O–H groups in total. The zero-order chi connectivity index (χ0) is 27.2. The summed E-state index contributed by atoms with van der Waals surface area (Å²) in [6.07, 6.45) is 4.04. The fourth-order valence-corrected chi connectivity index (χ4v) is 6.78. The molecule has 3 aromatic rings. The van der Waals surface area contributed by atoms with Gasteiger partial charge in [-0.25, -0.2) is 14.2 Å². The molecule has 38 heavy (non-hydrogen) atoms. The van der Waals surface area contributed by atoms with E-state index >= 15 is 0 Å². The van der Waals surface area contributed by atoms with Crippen molar-refractivity contribution in [3.63, 3.8) is 0 Å². The number of rotatable bonds is 4. The first-order chi connectivity index (χ1) is 18.0. The predicted octanol–water partition coefficient (Wildman–Crippen LogP) is 5.48. The summed E-state index contributed by atoms with van der Waals surface area (Å²) in [5, 5.41) is 10.5. The molecule has 0 spiro atoms. The largest absolute Gasteiger partial charge is 0.494 e. The highest BCUT2D eigenvalue weighted by Crippen LogP contribution is 2.55. The number of halogens is 4. The molecule has 0 unspecified atom stereocenters. The highest BCUT2D eigenvalue weighted by molar-refractivity contribution is 6.00. The first kappa shape index (κ1) is 26.0. The first-order valence-electron chi connectivity index (χ1n) is 12.4. The van der Waals surface area contributed by atoms with Gasteiger partial charge in [0.15, 0.2) is 17.3 Å². The fraction of sp³-hybridized carbons (Fsp3) is 0.444. The lowest BCUT2D eigenvalue weighted by Crippen LogP contribution is -2.59. The maximum atomic E-state index is 14.3. The van der Waals surface area contributed by atoms with Crippen molar-refractivity contribution in [3.8, 4) is 17.1 Å². The molecule has 7 nitrogen and oxygen atoms in total. The van der Waals surface area contributed by atoms with Gasteiger partial charge in [0.2, 0.25) is 0 Å². The van der Waals surface area contributed by atoms with Crippen LogP contribution in [0, 0.1) is 23.6 Å². The van der Waals surface area contributed by atoms with E-state index in [9.17, 15) is 22.4 Å². The van der Waals surface area contributed by atoms with Crippen molar-refractivity contribution < 1.29 is 37.0 Å². The van der Waals surface area contributed by atoms with Gasteiger partial charge in [-0.15, -0.1) is 0 Å². The number of nitrogens with zero attached hydrogens (tertiary/aromatic N) is 2. The highest BCUT2D eigenvalue weighted by Gasteiger charge is 2.51. The summed E-state index contributed by atoms with van der Waals surface area (Å²) in [4.78, 5) is 27.1. The van der Waals surface area contributed by atoms with Crippen LogP contribution in [0.3, 0.4) is 0 Å². The van der Waals surface area contributed by atoms with Gasteiger partial charge in [-0.1, -0.05) is 6.07 Å². The summed E-state index contributed by atoms with van der Waals surface area (Å²) in [5.74, 6) is -0.336. The Morgan fingerprint density at radius 2 is 1.68 bits per heavy atom. The summed E-state index contributed by atoms with van der Waals surface area (Å²) < 4.78 is 53.0. The van der Waals surface area contributed by atoms with Gasteiger partial charge in [0.1, 0.15) is 5.82 Å². The third-order valence-corrected chi connectivity index (χ3v) is 7.83. The quantitative estimate of drug-likeness (QED) is 0.434. The molecule has 202 valence electrons. The Labute approximate surface area is 215 Å². The van der Waals surface area contributed by atoms with E-state index in [1.54, 1.807) is 12.1 Å². The molecule has 0 atom stereocenters. The Morgan fingerprint density at radius 1 is 1.08 bits per heavy atom. The number of pyridine rings is 1. The lowest BCUT2D eigenvalue weighted by molar-refractivity contribution is -0.192. The minimum atomic E-state index is -5.08. The van der Waals surface area contributed by atoms with Crippen LogP contribution in [0.4, 0.5) is 17.6 Å². The Morgan fingerprint density at radius 3 is 2.21 bits per heavy atom. The second-order valence-electron chi connectivity index (χ2n) is 10.5. The number of hydrogen-bond donors (Lipinski definition) is 2. The molecular formula is C27H27F4N3O4. The van der Waals surface area contributed by atoms with Crippen molar-refractivity contribution in [3.05, 3.63) is 54.1 Å². The number of methoxy groups -OCH3 is 1. The third kappa shape index (κ3) is 4.93. The molecule has 0 aliphatic heterocycles. The van der Waals surface area contributed by atoms with E-state index in [1.165, 1.54) is 32.4 Å². The van der Waals surface area contributed by atoms with Crippen molar-refractivity contribution >= 4 is 17.4 Å². The van der Waals surface area contributed by atoms with E-state index in [2.05, 4.69) is 5.32 Å². The minimum Gasteiger partial charge on any atom is -0.494 e. The van der Waals surface area contributed by atoms with Crippen molar-refractivity contribution in [2.24, 2.45) is 17.8 Å². The van der Waals surface area contributed by atoms with Crippen molar-refractivity contribution in [2.45, 2.75) is 50.2 Å². The Bertz CT molecular complexity index is 1350. The number of aliphatic carboxylic acids is 1. The summed E-state index contributed by atoms with van der Waals surface area (Å²) in [6, 6.07) is 10.4. The molecule has 11 heteroatoms. The van der Waals surface area contributed by atoms with Crippen molar-refractivity contribution in [1.82, 2.24) is 14.7 Å². The lowest BCUT2D eigenvalue weighted by Gasteiger charge is -2.56.